The van der Waals surface area contributed by atoms with Crippen LogP contribution in [0.15, 0.2) is 12.1 Å². The van der Waals surface area contributed by atoms with Crippen LogP contribution in [0.3, 0.4) is 0 Å². The molecule has 0 saturated carbocycles. The Labute approximate surface area is 114 Å². The van der Waals surface area contributed by atoms with E-state index in [2.05, 4.69) is 19.2 Å². The van der Waals surface area contributed by atoms with Gasteiger partial charge in [-0.1, -0.05) is 18.5 Å². The van der Waals surface area contributed by atoms with Gasteiger partial charge in [0.05, 0.1) is 13.7 Å². The molecule has 0 aliphatic rings. The van der Waals surface area contributed by atoms with Gasteiger partial charge in [-0.05, 0) is 26.3 Å². The van der Waals surface area contributed by atoms with Crippen molar-refractivity contribution in [3.05, 3.63) is 22.7 Å². The molecule has 4 heteroatoms. The fourth-order valence-electron chi connectivity index (χ4n) is 1.64. The van der Waals surface area contributed by atoms with Gasteiger partial charge in [0.25, 0.3) is 0 Å². The average molecular weight is 272 g/mol. The van der Waals surface area contributed by atoms with Gasteiger partial charge in [0, 0.05) is 29.2 Å². The van der Waals surface area contributed by atoms with Crippen molar-refractivity contribution in [3.8, 4) is 11.5 Å². The minimum atomic E-state index is 0.462. The van der Waals surface area contributed by atoms with Crippen molar-refractivity contribution in [1.82, 2.24) is 5.32 Å². The predicted molar refractivity (Wildman–Crippen MR) is 75.8 cm³/mol. The van der Waals surface area contributed by atoms with Crippen molar-refractivity contribution in [2.75, 3.05) is 13.7 Å². The SMILES string of the molecule is CCOc1c(CN[C@H](C)CC)cc(Cl)cc1OC. The van der Waals surface area contributed by atoms with Crippen LogP contribution < -0.4 is 14.8 Å². The summed E-state index contributed by atoms with van der Waals surface area (Å²) in [7, 11) is 1.63. The summed E-state index contributed by atoms with van der Waals surface area (Å²) in [6.45, 7) is 7.59. The van der Waals surface area contributed by atoms with Crippen LogP contribution in [0.25, 0.3) is 0 Å². The summed E-state index contributed by atoms with van der Waals surface area (Å²) < 4.78 is 11.0. The van der Waals surface area contributed by atoms with Crippen molar-refractivity contribution in [1.29, 1.82) is 0 Å². The second-order valence-electron chi connectivity index (χ2n) is 4.22. The minimum Gasteiger partial charge on any atom is -0.493 e. The molecule has 0 aromatic heterocycles. The molecule has 102 valence electrons. The van der Waals surface area contributed by atoms with Crippen LogP contribution in [-0.2, 0) is 6.54 Å². The first kappa shape index (κ1) is 15.1. The molecule has 1 atom stereocenters. The van der Waals surface area contributed by atoms with E-state index in [1.54, 1.807) is 13.2 Å². The van der Waals surface area contributed by atoms with Gasteiger partial charge in [-0.15, -0.1) is 0 Å². The molecule has 0 fully saturated rings. The molecule has 0 aliphatic heterocycles. The Kier molecular flexibility index (Phi) is 6.30. The van der Waals surface area contributed by atoms with E-state index in [1.165, 1.54) is 0 Å². The summed E-state index contributed by atoms with van der Waals surface area (Å²) in [5, 5.41) is 4.09. The summed E-state index contributed by atoms with van der Waals surface area (Å²) in [4.78, 5) is 0. The van der Waals surface area contributed by atoms with Gasteiger partial charge in [0.2, 0.25) is 0 Å². The molecule has 1 N–H and O–H groups in total. The Bertz CT molecular complexity index is 382. The monoisotopic (exact) mass is 271 g/mol. The summed E-state index contributed by atoms with van der Waals surface area (Å²) >= 11 is 6.09. The van der Waals surface area contributed by atoms with Crippen LogP contribution in [0.5, 0.6) is 11.5 Å². The van der Waals surface area contributed by atoms with E-state index in [1.807, 2.05) is 13.0 Å². The first-order valence-electron chi connectivity index (χ1n) is 6.34. The first-order chi connectivity index (χ1) is 8.62. The van der Waals surface area contributed by atoms with Gasteiger partial charge >= 0.3 is 0 Å². The van der Waals surface area contributed by atoms with Crippen LogP contribution >= 0.6 is 11.6 Å². The Balaban J connectivity index is 2.95. The zero-order valence-electron chi connectivity index (χ0n) is 11.5. The van der Waals surface area contributed by atoms with E-state index in [0.29, 0.717) is 23.4 Å². The van der Waals surface area contributed by atoms with Crippen LogP contribution in [0.2, 0.25) is 5.02 Å². The summed E-state index contributed by atoms with van der Waals surface area (Å²) in [5.41, 5.74) is 1.03. The number of nitrogens with one attached hydrogen (secondary N) is 1. The van der Waals surface area contributed by atoms with Crippen molar-refractivity contribution < 1.29 is 9.47 Å². The van der Waals surface area contributed by atoms with Crippen molar-refractivity contribution >= 4 is 11.6 Å². The van der Waals surface area contributed by atoms with E-state index < -0.39 is 0 Å². The maximum Gasteiger partial charge on any atom is 0.165 e. The van der Waals surface area contributed by atoms with Gasteiger partial charge in [-0.3, -0.25) is 0 Å². The van der Waals surface area contributed by atoms with E-state index in [9.17, 15) is 0 Å². The predicted octanol–water partition coefficient (Wildman–Crippen LogP) is 3.64. The molecule has 1 aromatic carbocycles. The molecule has 0 saturated heterocycles. The molecule has 18 heavy (non-hydrogen) atoms. The Morgan fingerprint density at radius 2 is 2.06 bits per heavy atom. The standard InChI is InChI=1S/C14H22ClNO2/c1-5-10(3)16-9-11-7-12(15)8-13(17-4)14(11)18-6-2/h7-8,10,16H,5-6,9H2,1-4H3/t10-/m1/s1. The molecule has 1 aromatic rings. The van der Waals surface area contributed by atoms with Gasteiger partial charge in [-0.25, -0.2) is 0 Å². The van der Waals surface area contributed by atoms with Crippen molar-refractivity contribution in [3.63, 3.8) is 0 Å². The lowest BCUT2D eigenvalue weighted by molar-refractivity contribution is 0.306. The molecule has 3 nitrogen and oxygen atoms in total. The van der Waals surface area contributed by atoms with E-state index >= 15 is 0 Å². The quantitative estimate of drug-likeness (QED) is 0.821. The van der Waals surface area contributed by atoms with Crippen LogP contribution in [0, 0.1) is 0 Å². The smallest absolute Gasteiger partial charge is 0.165 e. The van der Waals surface area contributed by atoms with E-state index in [-0.39, 0.29) is 0 Å². The molecule has 0 radical (unpaired) electrons. The molecule has 0 heterocycles. The fourth-order valence-corrected chi connectivity index (χ4v) is 1.87. The summed E-state index contributed by atoms with van der Waals surface area (Å²) in [5.74, 6) is 1.46. The molecule has 0 unspecified atom stereocenters. The van der Waals surface area contributed by atoms with Crippen LogP contribution in [0.1, 0.15) is 32.8 Å². The first-order valence-corrected chi connectivity index (χ1v) is 6.72. The third-order valence-electron chi connectivity index (χ3n) is 2.86. The lowest BCUT2D eigenvalue weighted by Gasteiger charge is -2.17. The minimum absolute atomic E-state index is 0.462. The van der Waals surface area contributed by atoms with Crippen LogP contribution in [-0.4, -0.2) is 19.8 Å². The van der Waals surface area contributed by atoms with Crippen molar-refractivity contribution in [2.45, 2.75) is 39.8 Å². The number of halogens is 1. The molecular weight excluding hydrogens is 250 g/mol. The Hall–Kier alpha value is -0.930. The molecular formula is C14H22ClNO2. The number of hydrogen-bond acceptors (Lipinski definition) is 3. The van der Waals surface area contributed by atoms with E-state index in [0.717, 1.165) is 24.3 Å². The molecule has 0 bridgehead atoms. The Morgan fingerprint density at radius 1 is 1.33 bits per heavy atom. The normalized spacial score (nSPS) is 12.3. The second kappa shape index (κ2) is 7.49. The number of methoxy groups -OCH3 is 1. The fraction of sp³-hybridized carbons (Fsp3) is 0.571. The zero-order valence-corrected chi connectivity index (χ0v) is 12.3. The highest BCUT2D eigenvalue weighted by molar-refractivity contribution is 6.30. The Morgan fingerprint density at radius 3 is 2.61 bits per heavy atom. The highest BCUT2D eigenvalue weighted by Gasteiger charge is 2.13. The molecule has 1 rings (SSSR count). The summed E-state index contributed by atoms with van der Waals surface area (Å²) in [6.07, 6.45) is 1.08. The number of hydrogen-bond donors (Lipinski definition) is 1. The molecule has 0 aliphatic carbocycles. The molecule has 0 spiro atoms. The average Bonchev–Trinajstić information content (AvgIpc) is 2.38. The summed E-state index contributed by atoms with van der Waals surface area (Å²) in [6, 6.07) is 4.16. The van der Waals surface area contributed by atoms with Gasteiger partial charge in [0.1, 0.15) is 0 Å². The van der Waals surface area contributed by atoms with Gasteiger partial charge < -0.3 is 14.8 Å². The zero-order chi connectivity index (χ0) is 13.5. The largest absolute Gasteiger partial charge is 0.493 e. The van der Waals surface area contributed by atoms with Gasteiger partial charge in [-0.2, -0.15) is 0 Å². The number of rotatable bonds is 7. The maximum absolute atomic E-state index is 6.09. The second-order valence-corrected chi connectivity index (χ2v) is 4.66. The third-order valence-corrected chi connectivity index (χ3v) is 3.08. The lowest BCUT2D eigenvalue weighted by Crippen LogP contribution is -2.24. The molecule has 0 amide bonds. The number of ether oxygens (including phenoxy) is 2. The topological polar surface area (TPSA) is 30.5 Å². The van der Waals surface area contributed by atoms with Gasteiger partial charge in [0.15, 0.2) is 11.5 Å². The van der Waals surface area contributed by atoms with Crippen molar-refractivity contribution in [2.24, 2.45) is 0 Å². The number of benzene rings is 1. The maximum atomic E-state index is 6.09. The lowest BCUT2D eigenvalue weighted by atomic mass is 10.1. The van der Waals surface area contributed by atoms with Crippen LogP contribution in [0.4, 0.5) is 0 Å². The van der Waals surface area contributed by atoms with E-state index in [4.69, 9.17) is 21.1 Å². The third kappa shape index (κ3) is 4.07. The highest BCUT2D eigenvalue weighted by Crippen LogP contribution is 2.34. The highest BCUT2D eigenvalue weighted by atomic mass is 35.5.